The lowest BCUT2D eigenvalue weighted by molar-refractivity contribution is -0.242. The van der Waals surface area contributed by atoms with Crippen molar-refractivity contribution in [2.75, 3.05) is 13.2 Å². The molecule has 2 heterocycles. The van der Waals surface area contributed by atoms with Crippen molar-refractivity contribution < 1.29 is 29.5 Å². The van der Waals surface area contributed by atoms with Crippen LogP contribution in [0.15, 0.2) is 11.6 Å². The topological polar surface area (TPSA) is 88.4 Å². The van der Waals surface area contributed by atoms with Crippen molar-refractivity contribution in [2.24, 2.45) is 40.4 Å². The lowest BCUT2D eigenvalue weighted by Gasteiger charge is -2.58. The van der Waals surface area contributed by atoms with Gasteiger partial charge < -0.3 is 29.5 Å². The number of rotatable bonds is 7. The first-order valence-corrected chi connectivity index (χ1v) is 15.8. The monoisotopic (exact) mass is 532 g/mol. The van der Waals surface area contributed by atoms with Gasteiger partial charge in [-0.05, 0) is 105 Å². The molecular formula is C32H52O6. The van der Waals surface area contributed by atoms with Gasteiger partial charge >= 0.3 is 0 Å². The van der Waals surface area contributed by atoms with E-state index in [1.54, 1.807) is 5.57 Å². The first-order chi connectivity index (χ1) is 18.2. The second kappa shape index (κ2) is 10.7. The van der Waals surface area contributed by atoms with Crippen molar-refractivity contribution in [1.82, 2.24) is 0 Å². The number of ether oxygens (including phenoxy) is 3. The number of hydrogen-bond donors (Lipinski definition) is 3. The lowest BCUT2D eigenvalue weighted by atomic mass is 9.47. The average molecular weight is 533 g/mol. The van der Waals surface area contributed by atoms with Crippen molar-refractivity contribution in [3.63, 3.8) is 0 Å². The zero-order chi connectivity index (χ0) is 26.7. The van der Waals surface area contributed by atoms with Gasteiger partial charge in [0.25, 0.3) is 0 Å². The molecule has 3 N–H and O–H groups in total. The largest absolute Gasteiger partial charge is 0.396 e. The van der Waals surface area contributed by atoms with E-state index in [9.17, 15) is 15.3 Å². The third-order valence-electron chi connectivity index (χ3n) is 12.3. The van der Waals surface area contributed by atoms with Crippen LogP contribution < -0.4 is 0 Å². The van der Waals surface area contributed by atoms with E-state index < -0.39 is 12.4 Å². The van der Waals surface area contributed by atoms with Crippen LogP contribution >= 0.6 is 0 Å². The van der Waals surface area contributed by atoms with E-state index in [1.807, 2.05) is 0 Å². The molecule has 6 heteroatoms. The van der Waals surface area contributed by atoms with Crippen molar-refractivity contribution >= 4 is 0 Å². The van der Waals surface area contributed by atoms with Crippen LogP contribution in [-0.2, 0) is 14.2 Å². The van der Waals surface area contributed by atoms with E-state index in [4.69, 9.17) is 14.2 Å². The molecule has 6 rings (SSSR count). The molecule has 0 radical (unpaired) electrons. The van der Waals surface area contributed by atoms with Gasteiger partial charge in [-0.15, -0.1) is 0 Å². The van der Waals surface area contributed by atoms with Crippen LogP contribution in [0, 0.1) is 40.4 Å². The minimum atomic E-state index is -0.458. The normalized spacial score (nSPS) is 50.9. The highest BCUT2D eigenvalue weighted by Crippen LogP contribution is 2.68. The highest BCUT2D eigenvalue weighted by Gasteiger charge is 2.63. The summed E-state index contributed by atoms with van der Waals surface area (Å²) >= 11 is 0. The Kier molecular flexibility index (Phi) is 7.80. The molecule has 12 unspecified atom stereocenters. The highest BCUT2D eigenvalue weighted by molar-refractivity contribution is 5.26. The lowest BCUT2D eigenvalue weighted by Crippen LogP contribution is -2.51. The Bertz CT molecular complexity index is 876. The Morgan fingerprint density at radius 2 is 1.84 bits per heavy atom. The SMILES string of the molecule is C[C@@H](CO)CCC1CC2C(CC3C4CC=C5CC(OC6CC(O)CC(CO)O6)CCC5(C)C4CCC23C)O1. The first-order valence-electron chi connectivity index (χ1n) is 15.8. The quantitative estimate of drug-likeness (QED) is 0.401. The predicted octanol–water partition coefficient (Wildman–Crippen LogP) is 4.98. The Labute approximate surface area is 229 Å². The maximum absolute atomic E-state index is 10.2. The Morgan fingerprint density at radius 1 is 1.00 bits per heavy atom. The molecule has 216 valence electrons. The summed E-state index contributed by atoms with van der Waals surface area (Å²) in [5.74, 6) is 3.38. The summed E-state index contributed by atoms with van der Waals surface area (Å²) in [7, 11) is 0. The van der Waals surface area contributed by atoms with Crippen LogP contribution in [0.3, 0.4) is 0 Å². The molecule has 0 aromatic heterocycles. The number of aliphatic hydroxyl groups is 3. The minimum absolute atomic E-state index is 0.0652. The standard InChI is InChI=1S/C32H52O6/c1-19(17-33)4-6-22-15-28-29(36-22)16-27-25-7-5-20-12-23(37-30-14-21(35)13-24(18-34)38-30)8-10-31(20,2)26(25)9-11-32(27,28)3/h5,19,21-30,33-35H,4,6-18H2,1-3H3/t19-,21?,22?,23?,24?,25?,26?,27?,28?,29?,30?,31?,32?/m1/s1. The molecule has 0 aromatic carbocycles. The van der Waals surface area contributed by atoms with E-state index in [0.717, 1.165) is 43.4 Å². The summed E-state index contributed by atoms with van der Waals surface area (Å²) in [5, 5.41) is 29.1. The van der Waals surface area contributed by atoms with E-state index in [1.165, 1.54) is 38.5 Å². The molecule has 2 aliphatic heterocycles. The molecule has 3 saturated carbocycles. The van der Waals surface area contributed by atoms with E-state index in [0.29, 0.717) is 42.3 Å². The summed E-state index contributed by atoms with van der Waals surface area (Å²) in [6.45, 7) is 7.50. The van der Waals surface area contributed by atoms with Gasteiger partial charge in [-0.2, -0.15) is 0 Å². The molecule has 5 fully saturated rings. The summed E-state index contributed by atoms with van der Waals surface area (Å²) in [4.78, 5) is 0. The second-order valence-electron chi connectivity index (χ2n) is 14.5. The van der Waals surface area contributed by atoms with Crippen molar-refractivity contribution in [1.29, 1.82) is 0 Å². The van der Waals surface area contributed by atoms with E-state index in [-0.39, 0.29) is 30.8 Å². The van der Waals surface area contributed by atoms with Crippen molar-refractivity contribution in [3.05, 3.63) is 11.6 Å². The zero-order valence-electron chi connectivity index (χ0n) is 23.9. The van der Waals surface area contributed by atoms with Crippen LogP contribution in [0.4, 0.5) is 0 Å². The van der Waals surface area contributed by atoms with Crippen molar-refractivity contribution in [2.45, 2.75) is 135 Å². The smallest absolute Gasteiger partial charge is 0.160 e. The summed E-state index contributed by atoms with van der Waals surface area (Å²) < 4.78 is 19.0. The maximum Gasteiger partial charge on any atom is 0.160 e. The molecule has 4 aliphatic carbocycles. The van der Waals surface area contributed by atoms with Crippen LogP contribution in [0.25, 0.3) is 0 Å². The van der Waals surface area contributed by atoms with Gasteiger partial charge in [0.05, 0.1) is 37.1 Å². The highest BCUT2D eigenvalue weighted by atomic mass is 16.7. The molecule has 38 heavy (non-hydrogen) atoms. The van der Waals surface area contributed by atoms with Crippen LogP contribution in [-0.4, -0.2) is 65.3 Å². The van der Waals surface area contributed by atoms with E-state index >= 15 is 0 Å². The Balaban J connectivity index is 1.10. The predicted molar refractivity (Wildman–Crippen MR) is 145 cm³/mol. The fourth-order valence-corrected chi connectivity index (χ4v) is 10.1. The molecular weight excluding hydrogens is 480 g/mol. The number of hydrogen-bond acceptors (Lipinski definition) is 6. The zero-order valence-corrected chi connectivity index (χ0v) is 23.9. The first kappa shape index (κ1) is 27.7. The van der Waals surface area contributed by atoms with Crippen LogP contribution in [0.5, 0.6) is 0 Å². The van der Waals surface area contributed by atoms with Gasteiger partial charge in [0.15, 0.2) is 6.29 Å². The summed E-state index contributed by atoms with van der Waals surface area (Å²) in [6.07, 6.45) is 15.0. The molecule has 0 bridgehead atoms. The second-order valence-corrected chi connectivity index (χ2v) is 14.5. The third kappa shape index (κ3) is 4.83. The van der Waals surface area contributed by atoms with Gasteiger partial charge in [0.2, 0.25) is 0 Å². The van der Waals surface area contributed by atoms with Crippen molar-refractivity contribution in [3.8, 4) is 0 Å². The number of allylic oxidation sites excluding steroid dienone is 1. The molecule has 2 saturated heterocycles. The number of aliphatic hydroxyl groups excluding tert-OH is 3. The van der Waals surface area contributed by atoms with E-state index in [2.05, 4.69) is 26.8 Å². The van der Waals surface area contributed by atoms with Gasteiger partial charge in [-0.25, -0.2) is 0 Å². The molecule has 0 spiro atoms. The average Bonchev–Trinajstić information content (AvgIpc) is 3.43. The molecule has 13 atom stereocenters. The van der Waals surface area contributed by atoms with Gasteiger partial charge in [0.1, 0.15) is 0 Å². The van der Waals surface area contributed by atoms with Gasteiger partial charge in [0, 0.05) is 19.4 Å². The fourth-order valence-electron chi connectivity index (χ4n) is 10.1. The summed E-state index contributed by atoms with van der Waals surface area (Å²) in [5.41, 5.74) is 2.28. The Morgan fingerprint density at radius 3 is 2.63 bits per heavy atom. The minimum Gasteiger partial charge on any atom is -0.396 e. The maximum atomic E-state index is 10.2. The molecule has 6 nitrogen and oxygen atoms in total. The molecule has 0 amide bonds. The molecule has 0 aromatic rings. The van der Waals surface area contributed by atoms with Crippen LogP contribution in [0.1, 0.15) is 97.8 Å². The number of fused-ring (bicyclic) bond motifs is 7. The van der Waals surface area contributed by atoms with Gasteiger partial charge in [-0.3, -0.25) is 0 Å². The van der Waals surface area contributed by atoms with Gasteiger partial charge in [-0.1, -0.05) is 32.4 Å². The molecule has 6 aliphatic rings. The van der Waals surface area contributed by atoms with Crippen LogP contribution in [0.2, 0.25) is 0 Å². The summed E-state index contributed by atoms with van der Waals surface area (Å²) in [6, 6.07) is 0. The Hall–Kier alpha value is -0.500. The third-order valence-corrected chi connectivity index (χ3v) is 12.3. The fraction of sp³-hybridized carbons (Fsp3) is 0.938.